The fourth-order valence-electron chi connectivity index (χ4n) is 2.69. The van der Waals surface area contributed by atoms with Crippen molar-refractivity contribution in [1.82, 2.24) is 20.2 Å². The molecular formula is C13H23N7. The van der Waals surface area contributed by atoms with Crippen LogP contribution in [-0.2, 0) is 0 Å². The lowest BCUT2D eigenvalue weighted by Gasteiger charge is -2.34. The van der Waals surface area contributed by atoms with Crippen molar-refractivity contribution in [2.24, 2.45) is 0 Å². The second-order valence-electron chi connectivity index (χ2n) is 5.47. The number of hydrogen-bond acceptors (Lipinski definition) is 7. The molecule has 1 aromatic heterocycles. The van der Waals surface area contributed by atoms with Gasteiger partial charge in [0, 0.05) is 58.4 Å². The maximum absolute atomic E-state index is 5.90. The normalized spacial score (nSPS) is 21.2. The van der Waals surface area contributed by atoms with Gasteiger partial charge in [0.2, 0.25) is 5.95 Å². The number of anilines is 3. The van der Waals surface area contributed by atoms with Crippen molar-refractivity contribution in [3.8, 4) is 0 Å². The Morgan fingerprint density at radius 2 is 1.50 bits per heavy atom. The first-order chi connectivity index (χ1) is 9.72. The lowest BCUT2D eigenvalue weighted by Crippen LogP contribution is -2.45. The molecule has 0 spiro atoms. The molecule has 110 valence electrons. The van der Waals surface area contributed by atoms with Gasteiger partial charge in [-0.3, -0.25) is 0 Å². The van der Waals surface area contributed by atoms with E-state index in [9.17, 15) is 0 Å². The number of likely N-dealkylation sites (N-methyl/N-ethyl adjacent to an activating group) is 1. The van der Waals surface area contributed by atoms with E-state index in [1.807, 2.05) is 0 Å². The summed E-state index contributed by atoms with van der Waals surface area (Å²) in [4.78, 5) is 15.7. The van der Waals surface area contributed by atoms with Gasteiger partial charge in [-0.1, -0.05) is 0 Å². The quantitative estimate of drug-likeness (QED) is 0.734. The van der Waals surface area contributed by atoms with Gasteiger partial charge in [-0.15, -0.1) is 0 Å². The first-order valence-electron chi connectivity index (χ1n) is 7.26. The van der Waals surface area contributed by atoms with Crippen LogP contribution >= 0.6 is 0 Å². The smallest absolute Gasteiger partial charge is 0.223 e. The predicted octanol–water partition coefficient (Wildman–Crippen LogP) is -0.780. The van der Waals surface area contributed by atoms with E-state index in [4.69, 9.17) is 5.73 Å². The lowest BCUT2D eigenvalue weighted by molar-refractivity contribution is 0.312. The fourth-order valence-corrected chi connectivity index (χ4v) is 2.69. The molecule has 3 heterocycles. The van der Waals surface area contributed by atoms with Gasteiger partial charge in [-0.25, -0.2) is 0 Å². The Bertz CT molecular complexity index is 450. The van der Waals surface area contributed by atoms with Crippen molar-refractivity contribution in [3.63, 3.8) is 0 Å². The van der Waals surface area contributed by atoms with Crippen LogP contribution in [0.15, 0.2) is 6.07 Å². The Morgan fingerprint density at radius 1 is 0.950 bits per heavy atom. The minimum Gasteiger partial charge on any atom is -0.368 e. The zero-order valence-corrected chi connectivity index (χ0v) is 12.0. The summed E-state index contributed by atoms with van der Waals surface area (Å²) in [7, 11) is 2.15. The molecule has 2 saturated heterocycles. The lowest BCUT2D eigenvalue weighted by atomic mass is 10.3. The number of rotatable bonds is 2. The number of nitrogens with zero attached hydrogens (tertiary/aromatic N) is 5. The summed E-state index contributed by atoms with van der Waals surface area (Å²) in [5, 5.41) is 3.35. The predicted molar refractivity (Wildman–Crippen MR) is 81.2 cm³/mol. The molecular weight excluding hydrogens is 254 g/mol. The van der Waals surface area contributed by atoms with Crippen LogP contribution in [0.25, 0.3) is 0 Å². The van der Waals surface area contributed by atoms with Crippen LogP contribution in [-0.4, -0.2) is 74.3 Å². The Balaban J connectivity index is 1.79. The van der Waals surface area contributed by atoms with Gasteiger partial charge in [0.05, 0.1) is 0 Å². The van der Waals surface area contributed by atoms with Crippen molar-refractivity contribution in [1.29, 1.82) is 0 Å². The van der Waals surface area contributed by atoms with Crippen molar-refractivity contribution < 1.29 is 0 Å². The van der Waals surface area contributed by atoms with E-state index >= 15 is 0 Å². The van der Waals surface area contributed by atoms with Crippen LogP contribution in [0.4, 0.5) is 17.6 Å². The summed E-state index contributed by atoms with van der Waals surface area (Å²) in [6.07, 6.45) is 0. The van der Waals surface area contributed by atoms with Gasteiger partial charge < -0.3 is 25.8 Å². The van der Waals surface area contributed by atoms with Crippen molar-refractivity contribution in [2.45, 2.75) is 0 Å². The van der Waals surface area contributed by atoms with Crippen molar-refractivity contribution in [2.75, 3.05) is 74.9 Å². The van der Waals surface area contributed by atoms with Gasteiger partial charge in [0.15, 0.2) is 0 Å². The minimum atomic E-state index is 0.370. The van der Waals surface area contributed by atoms with Crippen LogP contribution in [0.1, 0.15) is 0 Å². The zero-order chi connectivity index (χ0) is 13.9. The Kier molecular flexibility index (Phi) is 3.88. The summed E-state index contributed by atoms with van der Waals surface area (Å²) in [5.74, 6) is 2.28. The van der Waals surface area contributed by atoms with Crippen LogP contribution in [0.5, 0.6) is 0 Å². The molecule has 0 aromatic carbocycles. The topological polar surface area (TPSA) is 73.5 Å². The molecule has 0 saturated carbocycles. The summed E-state index contributed by atoms with van der Waals surface area (Å²) in [6, 6.07) is 2.08. The molecule has 1 aromatic rings. The molecule has 2 aliphatic rings. The zero-order valence-electron chi connectivity index (χ0n) is 12.0. The molecule has 2 fully saturated rings. The highest BCUT2D eigenvalue weighted by Gasteiger charge is 2.19. The summed E-state index contributed by atoms with van der Waals surface area (Å²) >= 11 is 0. The molecule has 7 nitrogen and oxygen atoms in total. The van der Waals surface area contributed by atoms with Gasteiger partial charge >= 0.3 is 0 Å². The number of nitrogens with one attached hydrogen (secondary N) is 1. The van der Waals surface area contributed by atoms with E-state index in [2.05, 4.69) is 43.1 Å². The van der Waals surface area contributed by atoms with E-state index in [0.29, 0.717) is 5.95 Å². The average molecular weight is 277 g/mol. The van der Waals surface area contributed by atoms with Gasteiger partial charge in [0.1, 0.15) is 11.6 Å². The number of nitrogens with two attached hydrogens (primary N) is 1. The van der Waals surface area contributed by atoms with E-state index < -0.39 is 0 Å². The second-order valence-corrected chi connectivity index (χ2v) is 5.47. The molecule has 0 radical (unpaired) electrons. The highest BCUT2D eigenvalue weighted by molar-refractivity contribution is 5.54. The molecule has 0 atom stereocenters. The van der Waals surface area contributed by atoms with Crippen LogP contribution < -0.4 is 20.9 Å². The minimum absolute atomic E-state index is 0.370. The SMILES string of the molecule is CN1CCN(c2cc(N3CCNCC3)nc(N)n2)CC1. The summed E-state index contributed by atoms with van der Waals surface area (Å²) in [6.45, 7) is 8.04. The van der Waals surface area contributed by atoms with Crippen LogP contribution in [0, 0.1) is 0 Å². The second kappa shape index (κ2) is 5.80. The maximum atomic E-state index is 5.90. The number of piperazine rings is 2. The first-order valence-corrected chi connectivity index (χ1v) is 7.26. The Hall–Kier alpha value is -1.60. The molecule has 0 bridgehead atoms. The van der Waals surface area contributed by atoms with Gasteiger partial charge in [0.25, 0.3) is 0 Å². The van der Waals surface area contributed by atoms with Crippen molar-refractivity contribution >= 4 is 17.6 Å². The third-order valence-electron chi connectivity index (χ3n) is 3.98. The molecule has 3 N–H and O–H groups in total. The number of aromatic nitrogens is 2. The fraction of sp³-hybridized carbons (Fsp3) is 0.692. The molecule has 2 aliphatic heterocycles. The van der Waals surface area contributed by atoms with E-state index in [-0.39, 0.29) is 0 Å². The molecule has 7 heteroatoms. The summed E-state index contributed by atoms with van der Waals surface area (Å²) in [5.41, 5.74) is 5.90. The average Bonchev–Trinajstić information content (AvgIpc) is 2.48. The molecule has 0 unspecified atom stereocenters. The maximum Gasteiger partial charge on any atom is 0.223 e. The molecule has 20 heavy (non-hydrogen) atoms. The third-order valence-corrected chi connectivity index (χ3v) is 3.98. The van der Waals surface area contributed by atoms with E-state index in [0.717, 1.165) is 64.0 Å². The highest BCUT2D eigenvalue weighted by atomic mass is 15.3. The standard InChI is InChI=1S/C13H23N7/c1-18-6-8-20(9-7-18)12-10-11(16-13(14)17-12)19-4-2-15-3-5-19/h10,15H,2-9H2,1H3,(H2,14,16,17). The molecule has 0 aliphatic carbocycles. The monoisotopic (exact) mass is 277 g/mol. The largest absolute Gasteiger partial charge is 0.368 e. The Morgan fingerprint density at radius 3 is 2.10 bits per heavy atom. The molecule has 0 amide bonds. The number of hydrogen-bond donors (Lipinski definition) is 2. The van der Waals surface area contributed by atoms with Crippen molar-refractivity contribution in [3.05, 3.63) is 6.07 Å². The summed E-state index contributed by atoms with van der Waals surface area (Å²) < 4.78 is 0. The Labute approximate surface area is 119 Å². The number of nitrogen functional groups attached to an aromatic ring is 1. The van der Waals surface area contributed by atoms with Gasteiger partial charge in [-0.2, -0.15) is 9.97 Å². The van der Waals surface area contributed by atoms with E-state index in [1.165, 1.54) is 0 Å². The highest BCUT2D eigenvalue weighted by Crippen LogP contribution is 2.21. The van der Waals surface area contributed by atoms with Crippen LogP contribution in [0.2, 0.25) is 0 Å². The van der Waals surface area contributed by atoms with E-state index in [1.54, 1.807) is 0 Å². The van der Waals surface area contributed by atoms with Crippen LogP contribution in [0.3, 0.4) is 0 Å². The third kappa shape index (κ3) is 2.94. The molecule has 3 rings (SSSR count). The van der Waals surface area contributed by atoms with Gasteiger partial charge in [-0.05, 0) is 7.05 Å². The first kappa shape index (κ1) is 13.4.